The average Bonchev–Trinajstić information content (AvgIpc) is 3.48. The fourth-order valence-electron chi connectivity index (χ4n) is 6.29. The van der Waals surface area contributed by atoms with Crippen LogP contribution in [0.5, 0.6) is 5.75 Å². The van der Waals surface area contributed by atoms with Gasteiger partial charge >= 0.3 is 6.09 Å². The summed E-state index contributed by atoms with van der Waals surface area (Å²) in [6.07, 6.45) is -3.55. The van der Waals surface area contributed by atoms with E-state index >= 15 is 0 Å². The van der Waals surface area contributed by atoms with Crippen LogP contribution in [0.4, 0.5) is 4.79 Å². The maximum atomic E-state index is 14.2. The molecule has 0 radical (unpaired) electrons. The predicted molar refractivity (Wildman–Crippen MR) is 196 cm³/mol. The van der Waals surface area contributed by atoms with Crippen LogP contribution in [-0.4, -0.2) is 71.5 Å². The molecule has 2 unspecified atom stereocenters. The highest BCUT2D eigenvalue weighted by Gasteiger charge is 2.39. The Hall–Kier alpha value is -5.76. The molecule has 278 valence electrons. The summed E-state index contributed by atoms with van der Waals surface area (Å²) in [4.78, 5) is 52.8. The van der Waals surface area contributed by atoms with Crippen LogP contribution in [0, 0.1) is 0 Å². The van der Waals surface area contributed by atoms with Gasteiger partial charge in [0.25, 0.3) is 0 Å². The molecule has 4 aromatic carbocycles. The Balaban J connectivity index is 1.39. The van der Waals surface area contributed by atoms with Crippen molar-refractivity contribution in [3.05, 3.63) is 137 Å². The van der Waals surface area contributed by atoms with E-state index in [9.17, 15) is 29.4 Å². The first-order chi connectivity index (χ1) is 25.6. The van der Waals surface area contributed by atoms with Crippen molar-refractivity contribution in [1.29, 1.82) is 0 Å². The number of amides is 4. The molecule has 4 amide bonds. The van der Waals surface area contributed by atoms with E-state index < -0.39 is 66.6 Å². The third-order valence-corrected chi connectivity index (χ3v) is 9.08. The lowest BCUT2D eigenvalue weighted by atomic mass is 9.94. The van der Waals surface area contributed by atoms with Crippen LogP contribution in [0.1, 0.15) is 40.3 Å². The zero-order chi connectivity index (χ0) is 37.7. The van der Waals surface area contributed by atoms with Crippen molar-refractivity contribution in [2.45, 2.75) is 68.8 Å². The second kappa shape index (κ2) is 18.6. The standard InChI is InChI=1S/C40H45N5O8/c1-52-29-18-16-26(17-19-29)23-42-36(39(50)45-35-30-15-9-8-14-28(30)21-33(35)46)37(48)31(20-25-10-4-2-5-11-25)43-38(49)32(22-34(41)47)44-40(51)53-24-27-12-6-3-7-13-27/h2-19,31-33,35-37,42,46,48H,20-24H2,1H3,(H2,41,47)(H,43,49)(H,44,51)(H,45,50)/t31-,32?,33+,35?,36+,37+/m0/s1. The zero-order valence-electron chi connectivity index (χ0n) is 29.3. The molecular weight excluding hydrogens is 678 g/mol. The molecule has 8 N–H and O–H groups in total. The number of alkyl carbamates (subject to hydrolysis) is 1. The van der Waals surface area contributed by atoms with Crippen molar-refractivity contribution < 1.29 is 38.9 Å². The highest BCUT2D eigenvalue weighted by Crippen LogP contribution is 2.31. The highest BCUT2D eigenvalue weighted by molar-refractivity contribution is 5.91. The Morgan fingerprint density at radius 1 is 0.811 bits per heavy atom. The minimum Gasteiger partial charge on any atom is -0.497 e. The van der Waals surface area contributed by atoms with Crippen molar-refractivity contribution in [3.8, 4) is 5.75 Å². The first kappa shape index (κ1) is 38.5. The number of nitrogens with two attached hydrogens (primary N) is 1. The van der Waals surface area contributed by atoms with Gasteiger partial charge in [0, 0.05) is 13.0 Å². The average molecular weight is 724 g/mol. The lowest BCUT2D eigenvalue weighted by molar-refractivity contribution is -0.131. The number of rotatable bonds is 17. The molecule has 13 heteroatoms. The van der Waals surface area contributed by atoms with Crippen LogP contribution in [0.15, 0.2) is 109 Å². The van der Waals surface area contributed by atoms with E-state index in [4.69, 9.17) is 15.2 Å². The highest BCUT2D eigenvalue weighted by atomic mass is 16.5. The predicted octanol–water partition coefficient (Wildman–Crippen LogP) is 2.19. The fraction of sp³-hybridized carbons (Fsp3) is 0.300. The van der Waals surface area contributed by atoms with Gasteiger partial charge in [-0.15, -0.1) is 0 Å². The number of aliphatic hydroxyl groups is 2. The third-order valence-electron chi connectivity index (χ3n) is 9.08. The third kappa shape index (κ3) is 10.9. The molecule has 13 nitrogen and oxygen atoms in total. The van der Waals surface area contributed by atoms with Gasteiger partial charge in [0.15, 0.2) is 0 Å². The molecular formula is C40H45N5O8. The molecule has 53 heavy (non-hydrogen) atoms. The van der Waals surface area contributed by atoms with E-state index in [-0.39, 0.29) is 19.6 Å². The van der Waals surface area contributed by atoms with E-state index in [1.165, 1.54) is 0 Å². The van der Waals surface area contributed by atoms with Gasteiger partial charge in [0.2, 0.25) is 17.7 Å². The van der Waals surface area contributed by atoms with Crippen LogP contribution >= 0.6 is 0 Å². The summed E-state index contributed by atoms with van der Waals surface area (Å²) in [6.45, 7) is 0.0673. The first-order valence-corrected chi connectivity index (χ1v) is 17.3. The number of carbonyl (C=O) groups is 4. The maximum Gasteiger partial charge on any atom is 0.408 e. The van der Waals surface area contributed by atoms with Gasteiger partial charge in [-0.2, -0.15) is 0 Å². The molecule has 5 rings (SSSR count). The molecule has 6 atom stereocenters. The molecule has 1 aliphatic rings. The molecule has 0 bridgehead atoms. The summed E-state index contributed by atoms with van der Waals surface area (Å²) in [6, 6.07) is 27.9. The van der Waals surface area contributed by atoms with Gasteiger partial charge < -0.3 is 41.4 Å². The van der Waals surface area contributed by atoms with Gasteiger partial charge in [0.1, 0.15) is 24.4 Å². The Labute approximate surface area is 307 Å². The number of hydrogen-bond donors (Lipinski definition) is 7. The van der Waals surface area contributed by atoms with Crippen molar-refractivity contribution in [2.24, 2.45) is 5.73 Å². The zero-order valence-corrected chi connectivity index (χ0v) is 29.3. The molecule has 0 saturated carbocycles. The van der Waals surface area contributed by atoms with Crippen LogP contribution in [0.3, 0.4) is 0 Å². The van der Waals surface area contributed by atoms with Crippen LogP contribution < -0.4 is 31.7 Å². The molecule has 1 aliphatic carbocycles. The van der Waals surface area contributed by atoms with Gasteiger partial charge in [-0.1, -0.05) is 97.1 Å². The number of hydrogen-bond acceptors (Lipinski definition) is 9. The Bertz CT molecular complexity index is 1830. The minimum atomic E-state index is -1.56. The van der Waals surface area contributed by atoms with Crippen LogP contribution in [-0.2, 0) is 45.1 Å². The van der Waals surface area contributed by atoms with Gasteiger partial charge in [0.05, 0.1) is 37.8 Å². The normalized spacial score (nSPS) is 17.0. The molecule has 0 aliphatic heterocycles. The molecule has 0 fully saturated rings. The molecule has 0 saturated heterocycles. The number of aliphatic hydroxyl groups excluding tert-OH is 2. The Morgan fingerprint density at radius 3 is 2.11 bits per heavy atom. The van der Waals surface area contributed by atoms with Crippen molar-refractivity contribution in [1.82, 2.24) is 21.3 Å². The van der Waals surface area contributed by atoms with Gasteiger partial charge in [-0.05, 0) is 46.4 Å². The lowest BCUT2D eigenvalue weighted by Gasteiger charge is -2.33. The fourth-order valence-corrected chi connectivity index (χ4v) is 6.29. The Kier molecular flexibility index (Phi) is 13.5. The number of benzene rings is 4. The van der Waals surface area contributed by atoms with Crippen LogP contribution in [0.25, 0.3) is 0 Å². The number of fused-ring (bicyclic) bond motifs is 1. The summed E-state index contributed by atoms with van der Waals surface area (Å²) < 4.78 is 10.5. The largest absolute Gasteiger partial charge is 0.497 e. The summed E-state index contributed by atoms with van der Waals surface area (Å²) in [7, 11) is 1.55. The second-order valence-corrected chi connectivity index (χ2v) is 12.9. The summed E-state index contributed by atoms with van der Waals surface area (Å²) in [5.74, 6) is -1.65. The minimum absolute atomic E-state index is 0.0678. The smallest absolute Gasteiger partial charge is 0.408 e. The number of primary amides is 1. The molecule has 0 aromatic heterocycles. The monoisotopic (exact) mass is 723 g/mol. The SMILES string of the molecule is COc1ccc(CN[C@@H](C(=O)NC2c3ccccc3C[C@H]2O)[C@H](O)[C@H](Cc2ccccc2)NC(=O)C(CC(N)=O)NC(=O)OCc2ccccc2)cc1. The molecule has 0 spiro atoms. The number of ether oxygens (including phenoxy) is 2. The first-order valence-electron chi connectivity index (χ1n) is 17.3. The quantitative estimate of drug-likeness (QED) is 0.0853. The van der Waals surface area contributed by atoms with Gasteiger partial charge in [-0.25, -0.2) is 4.79 Å². The number of nitrogens with one attached hydrogen (secondary N) is 4. The van der Waals surface area contributed by atoms with Crippen molar-refractivity contribution in [2.75, 3.05) is 7.11 Å². The molecule has 0 heterocycles. The van der Waals surface area contributed by atoms with E-state index in [1.807, 2.05) is 48.5 Å². The topological polar surface area (TPSA) is 201 Å². The lowest BCUT2D eigenvalue weighted by Crippen LogP contribution is -2.61. The van der Waals surface area contributed by atoms with Crippen molar-refractivity contribution in [3.63, 3.8) is 0 Å². The van der Waals surface area contributed by atoms with E-state index in [0.717, 1.165) is 22.3 Å². The summed E-state index contributed by atoms with van der Waals surface area (Å²) >= 11 is 0. The van der Waals surface area contributed by atoms with E-state index in [1.54, 1.807) is 67.8 Å². The van der Waals surface area contributed by atoms with Crippen molar-refractivity contribution >= 4 is 23.8 Å². The maximum absolute atomic E-state index is 14.2. The Morgan fingerprint density at radius 2 is 1.45 bits per heavy atom. The van der Waals surface area contributed by atoms with E-state index in [2.05, 4.69) is 21.3 Å². The summed E-state index contributed by atoms with van der Waals surface area (Å²) in [5, 5.41) is 34.2. The molecule has 4 aromatic rings. The number of methoxy groups -OCH3 is 1. The van der Waals surface area contributed by atoms with Gasteiger partial charge in [-0.3, -0.25) is 19.7 Å². The van der Waals surface area contributed by atoms with E-state index in [0.29, 0.717) is 17.7 Å². The number of carbonyl (C=O) groups excluding carboxylic acids is 4. The van der Waals surface area contributed by atoms with Crippen LogP contribution in [0.2, 0.25) is 0 Å². The summed E-state index contributed by atoms with van der Waals surface area (Å²) in [5.41, 5.74) is 9.35. The second-order valence-electron chi connectivity index (χ2n) is 12.9.